The molecule has 18 heavy (non-hydrogen) atoms. The molecule has 5 heteroatoms. The first kappa shape index (κ1) is 11.2. The molecule has 0 radical (unpaired) electrons. The number of rotatable bonds is 3. The largest absolute Gasteiger partial charge is 0.373 e. The second-order valence-corrected chi connectivity index (χ2v) is 4.80. The molecule has 5 nitrogen and oxygen atoms in total. The standard InChI is InChI=1S/C13H17N5/c1-8-11(10-6-7-18(3)17-10)15-13(9-4-5-9)16-12(8)14-2/h6-7,9H,4-5H2,1-3H3,(H,14,15,16). The van der Waals surface area contributed by atoms with E-state index in [2.05, 4.69) is 15.4 Å². The fraction of sp³-hybridized carbons (Fsp3) is 0.462. The van der Waals surface area contributed by atoms with Gasteiger partial charge in [0, 0.05) is 31.8 Å². The molecule has 1 N–H and O–H groups in total. The van der Waals surface area contributed by atoms with E-state index in [-0.39, 0.29) is 0 Å². The van der Waals surface area contributed by atoms with Gasteiger partial charge >= 0.3 is 0 Å². The molecular weight excluding hydrogens is 226 g/mol. The zero-order valence-electron chi connectivity index (χ0n) is 10.9. The van der Waals surface area contributed by atoms with Crippen LogP contribution >= 0.6 is 0 Å². The molecule has 1 saturated carbocycles. The van der Waals surface area contributed by atoms with Gasteiger partial charge < -0.3 is 5.32 Å². The molecule has 1 aliphatic carbocycles. The average molecular weight is 243 g/mol. The Balaban J connectivity index is 2.14. The van der Waals surface area contributed by atoms with Crippen LogP contribution in [-0.4, -0.2) is 26.8 Å². The van der Waals surface area contributed by atoms with Crippen LogP contribution in [0.25, 0.3) is 11.4 Å². The number of nitrogens with zero attached hydrogens (tertiary/aromatic N) is 4. The van der Waals surface area contributed by atoms with Crippen LogP contribution < -0.4 is 5.32 Å². The maximum absolute atomic E-state index is 4.70. The van der Waals surface area contributed by atoms with Crippen LogP contribution in [0.15, 0.2) is 12.3 Å². The summed E-state index contributed by atoms with van der Waals surface area (Å²) in [5, 5.41) is 7.59. The van der Waals surface area contributed by atoms with Crippen molar-refractivity contribution in [3.8, 4) is 11.4 Å². The lowest BCUT2D eigenvalue weighted by molar-refractivity contribution is 0.768. The monoisotopic (exact) mass is 243 g/mol. The fourth-order valence-electron chi connectivity index (χ4n) is 2.09. The molecule has 0 unspecified atom stereocenters. The Morgan fingerprint density at radius 2 is 2.11 bits per heavy atom. The van der Waals surface area contributed by atoms with Crippen LogP contribution in [0.2, 0.25) is 0 Å². The van der Waals surface area contributed by atoms with Crippen molar-refractivity contribution in [2.24, 2.45) is 7.05 Å². The van der Waals surface area contributed by atoms with Gasteiger partial charge in [-0.3, -0.25) is 4.68 Å². The fourth-order valence-corrected chi connectivity index (χ4v) is 2.09. The molecule has 0 saturated heterocycles. The summed E-state index contributed by atoms with van der Waals surface area (Å²) in [6.45, 7) is 2.03. The Morgan fingerprint density at radius 3 is 2.67 bits per heavy atom. The minimum atomic E-state index is 0.542. The van der Waals surface area contributed by atoms with E-state index in [9.17, 15) is 0 Å². The van der Waals surface area contributed by atoms with Crippen molar-refractivity contribution in [1.29, 1.82) is 0 Å². The van der Waals surface area contributed by atoms with Gasteiger partial charge in [-0.1, -0.05) is 0 Å². The normalized spacial score (nSPS) is 14.8. The topological polar surface area (TPSA) is 55.6 Å². The van der Waals surface area contributed by atoms with Crippen LogP contribution in [0.4, 0.5) is 5.82 Å². The molecule has 0 atom stereocenters. The maximum Gasteiger partial charge on any atom is 0.134 e. The van der Waals surface area contributed by atoms with Gasteiger partial charge in [-0.25, -0.2) is 9.97 Å². The SMILES string of the molecule is CNc1nc(C2CC2)nc(-c2ccn(C)n2)c1C. The molecule has 1 fully saturated rings. The van der Waals surface area contributed by atoms with E-state index in [0.717, 1.165) is 28.6 Å². The van der Waals surface area contributed by atoms with Crippen molar-refractivity contribution in [2.45, 2.75) is 25.7 Å². The highest BCUT2D eigenvalue weighted by Gasteiger charge is 2.28. The summed E-state index contributed by atoms with van der Waals surface area (Å²) >= 11 is 0. The predicted octanol–water partition coefficient (Wildman–Crippen LogP) is 2.10. The molecule has 0 amide bonds. The van der Waals surface area contributed by atoms with Gasteiger partial charge in [-0.15, -0.1) is 0 Å². The summed E-state index contributed by atoms with van der Waals surface area (Å²) in [7, 11) is 3.81. The van der Waals surface area contributed by atoms with E-state index < -0.39 is 0 Å². The highest BCUT2D eigenvalue weighted by atomic mass is 15.3. The molecule has 2 aromatic rings. The molecule has 1 aliphatic rings. The van der Waals surface area contributed by atoms with E-state index in [1.165, 1.54) is 12.8 Å². The molecule has 0 aliphatic heterocycles. The van der Waals surface area contributed by atoms with E-state index in [0.29, 0.717) is 5.92 Å². The van der Waals surface area contributed by atoms with Crippen molar-refractivity contribution in [3.63, 3.8) is 0 Å². The second kappa shape index (κ2) is 4.08. The van der Waals surface area contributed by atoms with Gasteiger partial charge in [0.25, 0.3) is 0 Å². The Bertz CT molecular complexity index is 583. The molecule has 0 bridgehead atoms. The number of anilines is 1. The highest BCUT2D eigenvalue weighted by Crippen LogP contribution is 2.39. The van der Waals surface area contributed by atoms with Crippen molar-refractivity contribution in [3.05, 3.63) is 23.7 Å². The van der Waals surface area contributed by atoms with Crippen molar-refractivity contribution >= 4 is 5.82 Å². The Morgan fingerprint density at radius 1 is 1.33 bits per heavy atom. The quantitative estimate of drug-likeness (QED) is 0.897. The van der Waals surface area contributed by atoms with Gasteiger partial charge in [-0.2, -0.15) is 5.10 Å². The Kier molecular flexibility index (Phi) is 2.54. The van der Waals surface area contributed by atoms with Crippen LogP contribution in [-0.2, 0) is 7.05 Å². The molecular formula is C13H17N5. The maximum atomic E-state index is 4.70. The van der Waals surface area contributed by atoms with Crippen LogP contribution in [0, 0.1) is 6.92 Å². The lowest BCUT2D eigenvalue weighted by Crippen LogP contribution is -2.05. The molecule has 3 rings (SSSR count). The van der Waals surface area contributed by atoms with Gasteiger partial charge in [0.15, 0.2) is 0 Å². The molecule has 0 aromatic carbocycles. The zero-order chi connectivity index (χ0) is 12.7. The number of nitrogens with one attached hydrogen (secondary N) is 1. The van der Waals surface area contributed by atoms with Crippen molar-refractivity contribution in [2.75, 3.05) is 12.4 Å². The summed E-state index contributed by atoms with van der Waals surface area (Å²) in [4.78, 5) is 9.29. The lowest BCUT2D eigenvalue weighted by atomic mass is 10.1. The first-order valence-corrected chi connectivity index (χ1v) is 6.25. The zero-order valence-corrected chi connectivity index (χ0v) is 10.9. The van der Waals surface area contributed by atoms with Crippen molar-refractivity contribution in [1.82, 2.24) is 19.7 Å². The van der Waals surface area contributed by atoms with Crippen molar-refractivity contribution < 1.29 is 0 Å². The van der Waals surface area contributed by atoms with E-state index >= 15 is 0 Å². The molecule has 2 heterocycles. The molecule has 94 valence electrons. The van der Waals surface area contributed by atoms with E-state index in [1.54, 1.807) is 4.68 Å². The van der Waals surface area contributed by atoms with E-state index in [1.807, 2.05) is 33.3 Å². The predicted molar refractivity (Wildman–Crippen MR) is 70.5 cm³/mol. The van der Waals surface area contributed by atoms with Gasteiger partial charge in [0.1, 0.15) is 17.3 Å². The highest BCUT2D eigenvalue weighted by molar-refractivity contribution is 5.65. The smallest absolute Gasteiger partial charge is 0.134 e. The second-order valence-electron chi connectivity index (χ2n) is 4.80. The Hall–Kier alpha value is -1.91. The van der Waals surface area contributed by atoms with Crippen LogP contribution in [0.1, 0.15) is 30.1 Å². The minimum Gasteiger partial charge on any atom is -0.373 e. The molecule has 2 aromatic heterocycles. The third-order valence-corrected chi connectivity index (χ3v) is 3.30. The van der Waals surface area contributed by atoms with Gasteiger partial charge in [-0.05, 0) is 25.8 Å². The third-order valence-electron chi connectivity index (χ3n) is 3.30. The number of aryl methyl sites for hydroxylation is 1. The first-order valence-electron chi connectivity index (χ1n) is 6.25. The van der Waals surface area contributed by atoms with E-state index in [4.69, 9.17) is 4.98 Å². The summed E-state index contributed by atoms with van der Waals surface area (Å²) in [6, 6.07) is 1.99. The number of hydrogen-bond acceptors (Lipinski definition) is 4. The summed E-state index contributed by atoms with van der Waals surface area (Å²) in [5.74, 6) is 2.40. The van der Waals surface area contributed by atoms with Gasteiger partial charge in [0.2, 0.25) is 0 Å². The van der Waals surface area contributed by atoms with Crippen LogP contribution in [0.3, 0.4) is 0 Å². The summed E-state index contributed by atoms with van der Waals surface area (Å²) < 4.78 is 1.80. The number of aromatic nitrogens is 4. The first-order chi connectivity index (χ1) is 8.69. The molecule has 0 spiro atoms. The van der Waals surface area contributed by atoms with Crippen LogP contribution in [0.5, 0.6) is 0 Å². The third kappa shape index (κ3) is 1.85. The average Bonchev–Trinajstić information content (AvgIpc) is 3.12. The number of hydrogen-bond donors (Lipinski definition) is 1. The minimum absolute atomic E-state index is 0.542. The van der Waals surface area contributed by atoms with Gasteiger partial charge in [0.05, 0.1) is 5.69 Å². The summed E-state index contributed by atoms with van der Waals surface area (Å²) in [6.07, 6.45) is 4.34. The summed E-state index contributed by atoms with van der Waals surface area (Å²) in [5.41, 5.74) is 2.91. The lowest BCUT2D eigenvalue weighted by Gasteiger charge is -2.10. The Labute approximate surface area is 106 Å².